The van der Waals surface area contributed by atoms with Crippen LogP contribution in [0.4, 0.5) is 0 Å². The molecule has 0 bridgehead atoms. The molecule has 0 aliphatic carbocycles. The summed E-state index contributed by atoms with van der Waals surface area (Å²) in [4.78, 5) is 37.2. The first-order valence-corrected chi connectivity index (χ1v) is 10.6. The van der Waals surface area contributed by atoms with Gasteiger partial charge >= 0.3 is 0 Å². The molecule has 0 spiro atoms. The molecule has 30 heavy (non-hydrogen) atoms. The normalized spacial score (nSPS) is 13.5. The zero-order valence-electron chi connectivity index (χ0n) is 16.1. The van der Waals surface area contributed by atoms with Crippen LogP contribution in [0, 0.1) is 0 Å². The van der Waals surface area contributed by atoms with Crippen molar-refractivity contribution in [2.75, 3.05) is 6.54 Å². The highest BCUT2D eigenvalue weighted by molar-refractivity contribution is 7.09. The number of pyridine rings is 1. The standard InChI is InChI=1S/C22H19N5O2S/c28-21(24-13-17-5-3-11-30-17)15-6-7-19-18(12-15)25-20-22(29)26(9-10-27(19)20)14-16-4-1-2-8-23-16/h1-8,11-12H,9-10,13-14H2,(H,24,28). The van der Waals surface area contributed by atoms with E-state index in [0.717, 1.165) is 16.1 Å². The highest BCUT2D eigenvalue weighted by Crippen LogP contribution is 2.23. The number of hydrogen-bond acceptors (Lipinski definition) is 5. The Kier molecular flexibility index (Phi) is 4.76. The van der Waals surface area contributed by atoms with Gasteiger partial charge in [-0.15, -0.1) is 11.3 Å². The number of carbonyl (C=O) groups excluding carboxylic acids is 2. The van der Waals surface area contributed by atoms with E-state index in [4.69, 9.17) is 0 Å². The van der Waals surface area contributed by atoms with Crippen LogP contribution in [0.5, 0.6) is 0 Å². The third-order valence-corrected chi connectivity index (χ3v) is 6.04. The van der Waals surface area contributed by atoms with Gasteiger partial charge < -0.3 is 14.8 Å². The quantitative estimate of drug-likeness (QED) is 0.541. The lowest BCUT2D eigenvalue weighted by Gasteiger charge is -2.27. The molecule has 3 aromatic heterocycles. The summed E-state index contributed by atoms with van der Waals surface area (Å²) in [6.45, 7) is 2.21. The number of nitrogens with zero attached hydrogens (tertiary/aromatic N) is 4. The summed E-state index contributed by atoms with van der Waals surface area (Å²) in [7, 11) is 0. The second-order valence-corrected chi connectivity index (χ2v) is 8.13. The van der Waals surface area contributed by atoms with Crippen molar-refractivity contribution in [1.82, 2.24) is 24.8 Å². The molecule has 1 aromatic carbocycles. The third kappa shape index (κ3) is 3.46. The largest absolute Gasteiger partial charge is 0.347 e. The fourth-order valence-corrected chi connectivity index (χ4v) is 4.29. The molecule has 0 radical (unpaired) electrons. The van der Waals surface area contributed by atoms with Crippen molar-refractivity contribution in [2.45, 2.75) is 19.6 Å². The second-order valence-electron chi connectivity index (χ2n) is 7.10. The summed E-state index contributed by atoms with van der Waals surface area (Å²) >= 11 is 1.60. The molecule has 0 saturated heterocycles. The summed E-state index contributed by atoms with van der Waals surface area (Å²) < 4.78 is 1.93. The Morgan fingerprint density at radius 2 is 2.07 bits per heavy atom. The van der Waals surface area contributed by atoms with E-state index >= 15 is 0 Å². The lowest BCUT2D eigenvalue weighted by molar-refractivity contribution is 0.0682. The van der Waals surface area contributed by atoms with Crippen LogP contribution in [-0.4, -0.2) is 37.8 Å². The second kappa shape index (κ2) is 7.72. The molecule has 4 heterocycles. The predicted molar refractivity (Wildman–Crippen MR) is 114 cm³/mol. The highest BCUT2D eigenvalue weighted by Gasteiger charge is 2.28. The minimum atomic E-state index is -0.153. The topological polar surface area (TPSA) is 80.1 Å². The lowest BCUT2D eigenvalue weighted by Crippen LogP contribution is -2.40. The lowest BCUT2D eigenvalue weighted by atomic mass is 10.2. The van der Waals surface area contributed by atoms with Gasteiger partial charge in [0.2, 0.25) is 0 Å². The maximum absolute atomic E-state index is 13.0. The molecule has 1 aliphatic rings. The maximum Gasteiger partial charge on any atom is 0.290 e. The van der Waals surface area contributed by atoms with Gasteiger partial charge in [-0.25, -0.2) is 4.98 Å². The van der Waals surface area contributed by atoms with Crippen molar-refractivity contribution in [3.8, 4) is 0 Å². The Hall–Kier alpha value is -3.52. The van der Waals surface area contributed by atoms with Crippen LogP contribution in [-0.2, 0) is 19.6 Å². The van der Waals surface area contributed by atoms with E-state index in [9.17, 15) is 9.59 Å². The summed E-state index contributed by atoms with van der Waals surface area (Å²) in [5.74, 6) is 0.134. The van der Waals surface area contributed by atoms with Crippen LogP contribution in [0.1, 0.15) is 31.5 Å². The van der Waals surface area contributed by atoms with Crippen molar-refractivity contribution in [3.63, 3.8) is 0 Å². The number of carbonyl (C=O) groups is 2. The van der Waals surface area contributed by atoms with E-state index in [0.29, 0.717) is 43.1 Å². The molecule has 150 valence electrons. The Balaban J connectivity index is 1.37. The number of rotatable bonds is 5. The van der Waals surface area contributed by atoms with E-state index in [2.05, 4.69) is 15.3 Å². The molecule has 0 unspecified atom stereocenters. The van der Waals surface area contributed by atoms with Gasteiger partial charge in [0.1, 0.15) is 0 Å². The van der Waals surface area contributed by atoms with Crippen molar-refractivity contribution in [2.24, 2.45) is 0 Å². The van der Waals surface area contributed by atoms with Crippen molar-refractivity contribution in [1.29, 1.82) is 0 Å². The maximum atomic E-state index is 13.0. The van der Waals surface area contributed by atoms with Gasteiger partial charge in [-0.3, -0.25) is 14.6 Å². The summed E-state index contributed by atoms with van der Waals surface area (Å²) in [5.41, 5.74) is 2.90. The number of nitrogens with one attached hydrogen (secondary N) is 1. The average Bonchev–Trinajstić information content (AvgIpc) is 3.42. The molecule has 0 fully saturated rings. The summed E-state index contributed by atoms with van der Waals surface area (Å²) in [6.07, 6.45) is 1.73. The summed E-state index contributed by atoms with van der Waals surface area (Å²) in [5, 5.41) is 4.91. The summed E-state index contributed by atoms with van der Waals surface area (Å²) in [6, 6.07) is 15.0. The molecule has 5 rings (SSSR count). The average molecular weight is 417 g/mol. The monoisotopic (exact) mass is 417 g/mol. The minimum absolute atomic E-state index is 0.119. The molecular formula is C22H19N5O2S. The number of amides is 2. The molecular weight excluding hydrogens is 398 g/mol. The van der Waals surface area contributed by atoms with Crippen molar-refractivity contribution >= 4 is 34.2 Å². The van der Waals surface area contributed by atoms with Crippen molar-refractivity contribution in [3.05, 3.63) is 82.1 Å². The Morgan fingerprint density at radius 1 is 1.13 bits per heavy atom. The van der Waals surface area contributed by atoms with Gasteiger partial charge in [0.05, 0.1) is 29.8 Å². The first-order valence-electron chi connectivity index (χ1n) is 9.69. The first kappa shape index (κ1) is 18.5. The highest BCUT2D eigenvalue weighted by atomic mass is 32.1. The van der Waals surface area contributed by atoms with Gasteiger partial charge in [-0.05, 0) is 41.8 Å². The van der Waals surface area contributed by atoms with Gasteiger partial charge in [-0.2, -0.15) is 0 Å². The van der Waals surface area contributed by atoms with Crippen LogP contribution >= 0.6 is 11.3 Å². The number of hydrogen-bond donors (Lipinski definition) is 1. The van der Waals surface area contributed by atoms with E-state index in [-0.39, 0.29) is 11.8 Å². The van der Waals surface area contributed by atoms with E-state index in [1.165, 1.54) is 0 Å². The number of fused-ring (bicyclic) bond motifs is 3. The molecule has 2 amide bonds. The van der Waals surface area contributed by atoms with Crippen LogP contribution in [0.2, 0.25) is 0 Å². The van der Waals surface area contributed by atoms with Crippen LogP contribution in [0.15, 0.2) is 60.1 Å². The minimum Gasteiger partial charge on any atom is -0.347 e. The fourth-order valence-electron chi connectivity index (χ4n) is 3.65. The molecule has 1 N–H and O–H groups in total. The molecule has 4 aromatic rings. The zero-order chi connectivity index (χ0) is 20.5. The molecule has 8 heteroatoms. The molecule has 7 nitrogen and oxygen atoms in total. The Morgan fingerprint density at radius 3 is 2.87 bits per heavy atom. The SMILES string of the molecule is O=C(NCc1cccs1)c1ccc2c(c1)nc1n2CCN(Cc2ccccn2)C1=O. The zero-order valence-corrected chi connectivity index (χ0v) is 16.9. The number of thiophene rings is 1. The van der Waals surface area contributed by atoms with Gasteiger partial charge in [-0.1, -0.05) is 12.1 Å². The van der Waals surface area contributed by atoms with Crippen LogP contribution in [0.25, 0.3) is 11.0 Å². The molecule has 0 atom stereocenters. The number of benzene rings is 1. The van der Waals surface area contributed by atoms with Gasteiger partial charge in [0.15, 0.2) is 5.82 Å². The predicted octanol–water partition coefficient (Wildman–Crippen LogP) is 3.08. The van der Waals surface area contributed by atoms with Gasteiger partial charge in [0.25, 0.3) is 11.8 Å². The van der Waals surface area contributed by atoms with Crippen LogP contribution < -0.4 is 5.32 Å². The smallest absolute Gasteiger partial charge is 0.290 e. The van der Waals surface area contributed by atoms with E-state index < -0.39 is 0 Å². The number of aromatic nitrogens is 3. The molecule has 0 saturated carbocycles. The van der Waals surface area contributed by atoms with Gasteiger partial charge in [0, 0.05) is 29.7 Å². The van der Waals surface area contributed by atoms with Crippen molar-refractivity contribution < 1.29 is 9.59 Å². The van der Waals surface area contributed by atoms with E-state index in [1.807, 2.05) is 46.3 Å². The first-order chi connectivity index (χ1) is 14.7. The Labute approximate surface area is 177 Å². The number of imidazole rings is 1. The molecule has 1 aliphatic heterocycles. The fraction of sp³-hybridized carbons (Fsp3) is 0.182. The van der Waals surface area contributed by atoms with E-state index in [1.54, 1.807) is 34.6 Å². The third-order valence-electron chi connectivity index (χ3n) is 5.16. The Bertz CT molecular complexity index is 1220. The van der Waals surface area contributed by atoms with Crippen LogP contribution in [0.3, 0.4) is 0 Å².